The Labute approximate surface area is 244 Å². The summed E-state index contributed by atoms with van der Waals surface area (Å²) in [6.45, 7) is 9.22. The Balaban J connectivity index is 1.06. The van der Waals surface area contributed by atoms with E-state index in [0.29, 0.717) is 37.2 Å². The molecule has 2 saturated heterocycles. The summed E-state index contributed by atoms with van der Waals surface area (Å²) in [4.78, 5) is 32.8. The van der Waals surface area contributed by atoms with Crippen molar-refractivity contribution in [1.29, 1.82) is 0 Å². The van der Waals surface area contributed by atoms with Crippen molar-refractivity contribution in [2.45, 2.75) is 57.5 Å². The largest absolute Gasteiger partial charge is 0.492 e. The fourth-order valence-corrected chi connectivity index (χ4v) is 6.38. The third-order valence-electron chi connectivity index (χ3n) is 8.57. The summed E-state index contributed by atoms with van der Waals surface area (Å²) in [6.07, 6.45) is 6.78. The second-order valence-electron chi connectivity index (χ2n) is 11.2. The minimum Gasteiger partial charge on any atom is -0.492 e. The van der Waals surface area contributed by atoms with Crippen LogP contribution in [0.15, 0.2) is 48.5 Å². The van der Waals surface area contributed by atoms with E-state index in [0.717, 1.165) is 43.9 Å². The lowest BCUT2D eigenvalue weighted by Gasteiger charge is -2.38. The lowest BCUT2D eigenvalue weighted by atomic mass is 9.89. The molecule has 0 aromatic heterocycles. The molecule has 1 unspecified atom stereocenters. The normalized spacial score (nSPS) is 21.8. The molecule has 2 aromatic rings. The maximum absolute atomic E-state index is 13.3. The number of carbonyl (C=O) groups excluding carboxylic acids is 2. The number of benzene rings is 2. The maximum Gasteiger partial charge on any atom is 0.411 e. The number of carbonyl (C=O) groups is 2. The number of amides is 2. The highest BCUT2D eigenvalue weighted by atomic mass is 16.5. The monoisotopic (exact) mass is 563 g/mol. The van der Waals surface area contributed by atoms with Crippen LogP contribution < -0.4 is 20.3 Å². The average Bonchev–Trinajstić information content (AvgIpc) is 3.54. The SMILES string of the molecule is CCOc1ccccc1NC(=O)OCCN1CCN(c2cccc(C(=O)NC3CCCC[C@H]3N3CCCC3)c2)CC1. The number of anilines is 2. The quantitative estimate of drug-likeness (QED) is 0.437. The molecular weight excluding hydrogens is 518 g/mol. The van der Waals surface area contributed by atoms with E-state index < -0.39 is 6.09 Å². The second kappa shape index (κ2) is 14.5. The minimum atomic E-state index is -0.481. The van der Waals surface area contributed by atoms with Crippen LogP contribution >= 0.6 is 0 Å². The maximum atomic E-state index is 13.3. The number of hydrogen-bond donors (Lipinski definition) is 2. The van der Waals surface area contributed by atoms with Crippen LogP contribution in [0.3, 0.4) is 0 Å². The Morgan fingerprint density at radius 2 is 1.68 bits per heavy atom. The molecule has 2 aromatic carbocycles. The molecule has 5 rings (SSSR count). The second-order valence-corrected chi connectivity index (χ2v) is 11.2. The standard InChI is InChI=1S/C32H45N5O4/c1-2-40-30-15-6-4-13-28(30)34-32(39)41-23-22-35-18-20-36(21-19-35)26-11-9-10-25(24-26)31(38)33-27-12-3-5-14-29(27)37-16-7-8-17-37/h4,6,9-11,13,15,24,27,29H,2-3,5,7-8,12,14,16-23H2,1H3,(H,33,38)(H,34,39)/t27?,29-/m1/s1. The van der Waals surface area contributed by atoms with Crippen molar-refractivity contribution in [2.75, 3.05) is 69.2 Å². The summed E-state index contributed by atoms with van der Waals surface area (Å²) < 4.78 is 11.0. The Morgan fingerprint density at radius 3 is 2.49 bits per heavy atom. The van der Waals surface area contributed by atoms with Crippen molar-refractivity contribution in [2.24, 2.45) is 0 Å². The van der Waals surface area contributed by atoms with Gasteiger partial charge in [0.15, 0.2) is 0 Å². The number of piperazine rings is 1. The third-order valence-corrected chi connectivity index (χ3v) is 8.57. The van der Waals surface area contributed by atoms with Crippen molar-refractivity contribution >= 4 is 23.4 Å². The Hall–Kier alpha value is -3.30. The Morgan fingerprint density at radius 1 is 0.902 bits per heavy atom. The van der Waals surface area contributed by atoms with Gasteiger partial charge in [-0.2, -0.15) is 0 Å². The minimum absolute atomic E-state index is 0.0425. The molecule has 1 aliphatic carbocycles. The molecule has 2 atom stereocenters. The van der Waals surface area contributed by atoms with Gasteiger partial charge in [0, 0.05) is 56.1 Å². The first-order valence-corrected chi connectivity index (χ1v) is 15.4. The number of para-hydroxylation sites is 2. The van der Waals surface area contributed by atoms with Gasteiger partial charge in [0.2, 0.25) is 0 Å². The van der Waals surface area contributed by atoms with E-state index in [9.17, 15) is 9.59 Å². The highest BCUT2D eigenvalue weighted by Gasteiger charge is 2.32. The first-order valence-electron chi connectivity index (χ1n) is 15.4. The zero-order valence-electron chi connectivity index (χ0n) is 24.4. The van der Waals surface area contributed by atoms with Crippen LogP contribution in [0.2, 0.25) is 0 Å². The highest BCUT2D eigenvalue weighted by Crippen LogP contribution is 2.27. The van der Waals surface area contributed by atoms with Crippen LogP contribution in [0.1, 0.15) is 55.8 Å². The third kappa shape index (κ3) is 7.92. The van der Waals surface area contributed by atoms with Gasteiger partial charge in [0.1, 0.15) is 12.4 Å². The molecule has 3 fully saturated rings. The van der Waals surface area contributed by atoms with Crippen LogP contribution in [-0.4, -0.2) is 92.9 Å². The molecule has 9 nitrogen and oxygen atoms in total. The molecule has 9 heteroatoms. The number of ether oxygens (including phenoxy) is 2. The van der Waals surface area contributed by atoms with Crippen LogP contribution in [-0.2, 0) is 4.74 Å². The summed E-state index contributed by atoms with van der Waals surface area (Å²) in [5.41, 5.74) is 2.43. The van der Waals surface area contributed by atoms with Gasteiger partial charge in [-0.3, -0.25) is 19.9 Å². The van der Waals surface area contributed by atoms with Crippen LogP contribution in [0.4, 0.5) is 16.2 Å². The Kier molecular flexibility index (Phi) is 10.4. The van der Waals surface area contributed by atoms with Gasteiger partial charge in [0.25, 0.3) is 5.91 Å². The fraction of sp³-hybridized carbons (Fsp3) is 0.562. The lowest BCUT2D eigenvalue weighted by molar-refractivity contribution is 0.0862. The molecule has 2 heterocycles. The van der Waals surface area contributed by atoms with Gasteiger partial charge < -0.3 is 19.7 Å². The summed E-state index contributed by atoms with van der Waals surface area (Å²) in [5.74, 6) is 0.672. The lowest BCUT2D eigenvalue weighted by Crippen LogP contribution is -2.52. The molecule has 2 N–H and O–H groups in total. The van der Waals surface area contributed by atoms with Gasteiger partial charge in [-0.1, -0.05) is 31.0 Å². The molecule has 2 amide bonds. The van der Waals surface area contributed by atoms with E-state index in [1.54, 1.807) is 6.07 Å². The van der Waals surface area contributed by atoms with Crippen molar-refractivity contribution in [3.63, 3.8) is 0 Å². The number of nitrogens with one attached hydrogen (secondary N) is 2. The smallest absolute Gasteiger partial charge is 0.411 e. The summed E-state index contributed by atoms with van der Waals surface area (Å²) in [6, 6.07) is 16.1. The van der Waals surface area contributed by atoms with Crippen molar-refractivity contribution in [3.8, 4) is 5.75 Å². The number of rotatable bonds is 10. The van der Waals surface area contributed by atoms with Crippen LogP contribution in [0.5, 0.6) is 5.75 Å². The van der Waals surface area contributed by atoms with Crippen LogP contribution in [0, 0.1) is 0 Å². The van der Waals surface area contributed by atoms with Gasteiger partial charge in [-0.25, -0.2) is 4.79 Å². The fourth-order valence-electron chi connectivity index (χ4n) is 6.38. The predicted molar refractivity (Wildman–Crippen MR) is 162 cm³/mol. The van der Waals surface area contributed by atoms with Crippen molar-refractivity contribution < 1.29 is 19.1 Å². The van der Waals surface area contributed by atoms with E-state index in [1.165, 1.54) is 45.2 Å². The highest BCUT2D eigenvalue weighted by molar-refractivity contribution is 5.95. The summed E-state index contributed by atoms with van der Waals surface area (Å²) in [5, 5.41) is 6.17. The first-order chi connectivity index (χ1) is 20.1. The Bertz CT molecular complexity index is 1150. The van der Waals surface area contributed by atoms with E-state index in [4.69, 9.17) is 9.47 Å². The van der Waals surface area contributed by atoms with E-state index in [2.05, 4.69) is 31.4 Å². The molecule has 222 valence electrons. The summed E-state index contributed by atoms with van der Waals surface area (Å²) >= 11 is 0. The zero-order chi connectivity index (χ0) is 28.4. The van der Waals surface area contributed by atoms with Gasteiger partial charge >= 0.3 is 6.09 Å². The van der Waals surface area contributed by atoms with Crippen molar-refractivity contribution in [1.82, 2.24) is 15.1 Å². The number of hydrogen-bond acceptors (Lipinski definition) is 7. The molecule has 0 bridgehead atoms. The van der Waals surface area contributed by atoms with E-state index >= 15 is 0 Å². The molecule has 0 radical (unpaired) electrons. The van der Waals surface area contributed by atoms with Gasteiger partial charge in [-0.05, 0) is 76.0 Å². The number of nitrogens with zero attached hydrogens (tertiary/aromatic N) is 3. The molecule has 3 aliphatic rings. The van der Waals surface area contributed by atoms with E-state index in [1.807, 2.05) is 43.3 Å². The first kappa shape index (κ1) is 29.2. The molecule has 1 saturated carbocycles. The molecule has 41 heavy (non-hydrogen) atoms. The molecule has 0 spiro atoms. The summed E-state index contributed by atoms with van der Waals surface area (Å²) in [7, 11) is 0. The molecular formula is C32H45N5O4. The number of likely N-dealkylation sites (tertiary alicyclic amines) is 1. The van der Waals surface area contributed by atoms with Crippen molar-refractivity contribution in [3.05, 3.63) is 54.1 Å². The zero-order valence-corrected chi connectivity index (χ0v) is 24.4. The van der Waals surface area contributed by atoms with Gasteiger partial charge in [-0.15, -0.1) is 0 Å². The van der Waals surface area contributed by atoms with Gasteiger partial charge in [0.05, 0.1) is 12.3 Å². The molecule has 2 aliphatic heterocycles. The average molecular weight is 564 g/mol. The van der Waals surface area contributed by atoms with E-state index in [-0.39, 0.29) is 11.9 Å². The predicted octanol–water partition coefficient (Wildman–Crippen LogP) is 4.59. The van der Waals surface area contributed by atoms with Crippen LogP contribution in [0.25, 0.3) is 0 Å². The topological polar surface area (TPSA) is 86.4 Å².